The highest BCUT2D eigenvalue weighted by molar-refractivity contribution is 7.92. The maximum absolute atomic E-state index is 13.4. The molecule has 0 aliphatic heterocycles. The normalized spacial score (nSPS) is 23.1. The van der Waals surface area contributed by atoms with Crippen LogP contribution in [0.1, 0.15) is 62.5 Å². The van der Waals surface area contributed by atoms with Crippen LogP contribution in [-0.4, -0.2) is 91.8 Å². The lowest BCUT2D eigenvalue weighted by molar-refractivity contribution is -0.131. The molecule has 24 heteroatoms. The van der Waals surface area contributed by atoms with Gasteiger partial charge >= 0.3 is 0 Å². The topological polar surface area (TPSA) is 261 Å². The average molecular weight is 1140 g/mol. The quantitative estimate of drug-likeness (QED) is 0.111. The molecule has 4 aliphatic carbocycles. The second kappa shape index (κ2) is 21.5. The first-order chi connectivity index (χ1) is 33.7. The van der Waals surface area contributed by atoms with Crippen molar-refractivity contribution in [2.45, 2.75) is 118 Å². The van der Waals surface area contributed by atoms with Gasteiger partial charge in [0.05, 0.1) is 89.5 Å². The Labute approximate surface area is 438 Å². The number of nitriles is 2. The number of rotatable bonds is 16. The van der Waals surface area contributed by atoms with E-state index < -0.39 is 96.8 Å². The largest absolute Gasteiger partial charge is 0.373 e. The van der Waals surface area contributed by atoms with Crippen LogP contribution in [0.25, 0.3) is 0 Å². The number of hydrogen-bond acceptors (Lipinski definition) is 14. The number of ether oxygens (including phenoxy) is 2. The van der Waals surface area contributed by atoms with E-state index in [2.05, 4.69) is 22.8 Å². The number of nitrogens with one attached hydrogen (secondary N) is 2. The fraction of sp³-hybridized carbons (Fsp3) is 0.417. The second-order valence-electron chi connectivity index (χ2n) is 18.5. The summed E-state index contributed by atoms with van der Waals surface area (Å²) in [7, 11) is -15.0. The Bertz CT molecular complexity index is 3120. The zero-order valence-corrected chi connectivity index (χ0v) is 44.8. The molecule has 4 saturated carbocycles. The molecule has 0 saturated heterocycles. The fourth-order valence-electron chi connectivity index (χ4n) is 8.86. The monoisotopic (exact) mass is 1140 g/mol. The summed E-state index contributed by atoms with van der Waals surface area (Å²) in [4.78, 5) is 26.2. The third kappa shape index (κ3) is 12.6. The van der Waals surface area contributed by atoms with Crippen LogP contribution >= 0.6 is 46.4 Å². The van der Waals surface area contributed by atoms with Crippen molar-refractivity contribution < 1.29 is 52.7 Å². The first-order valence-electron chi connectivity index (χ1n) is 22.4. The molecule has 6 atom stereocenters. The summed E-state index contributed by atoms with van der Waals surface area (Å²) in [5.41, 5.74) is -1.18. The molecule has 0 aromatic heterocycles. The highest BCUT2D eigenvalue weighted by Crippen LogP contribution is 2.43. The molecule has 2 N–H and O–H groups in total. The van der Waals surface area contributed by atoms with Crippen LogP contribution in [0.5, 0.6) is 0 Å². The molecule has 0 bridgehead atoms. The van der Waals surface area contributed by atoms with Crippen molar-refractivity contribution >= 4 is 97.6 Å². The second-order valence-corrected chi connectivity index (χ2v) is 28.5. The van der Waals surface area contributed by atoms with Gasteiger partial charge in [0.1, 0.15) is 11.1 Å². The molecule has 4 aliphatic rings. The summed E-state index contributed by atoms with van der Waals surface area (Å²) in [6.45, 7) is -0.341. The van der Waals surface area contributed by atoms with E-state index in [1.807, 2.05) is 0 Å². The van der Waals surface area contributed by atoms with E-state index in [1.54, 1.807) is 24.3 Å². The Hall–Kier alpha value is -4.32. The number of benzene rings is 4. The van der Waals surface area contributed by atoms with Gasteiger partial charge in [0.2, 0.25) is 11.8 Å². The molecule has 0 heterocycles. The van der Waals surface area contributed by atoms with Gasteiger partial charge in [0, 0.05) is 22.6 Å². The smallest absolute Gasteiger partial charge is 0.227 e. The summed E-state index contributed by atoms with van der Waals surface area (Å²) in [5, 5.41) is 23.0. The summed E-state index contributed by atoms with van der Waals surface area (Å²) in [6, 6.07) is 25.1. The Morgan fingerprint density at radius 1 is 0.556 bits per heavy atom. The minimum absolute atomic E-state index is 0.00403. The molecule has 2 amide bonds. The van der Waals surface area contributed by atoms with Crippen LogP contribution < -0.4 is 10.6 Å². The van der Waals surface area contributed by atoms with Gasteiger partial charge in [0.25, 0.3) is 0 Å². The van der Waals surface area contributed by atoms with Crippen molar-refractivity contribution in [3.8, 4) is 12.1 Å². The lowest BCUT2D eigenvalue weighted by Gasteiger charge is -2.21. The summed E-state index contributed by atoms with van der Waals surface area (Å²) >= 11 is 24.3. The fourth-order valence-corrected chi connectivity index (χ4v) is 15.9. The first kappa shape index (κ1) is 55.4. The van der Waals surface area contributed by atoms with Gasteiger partial charge in [-0.1, -0.05) is 82.8 Å². The maximum Gasteiger partial charge on any atom is 0.227 e. The molecule has 0 spiro atoms. The van der Waals surface area contributed by atoms with E-state index >= 15 is 0 Å². The molecule has 8 rings (SSSR count). The summed E-state index contributed by atoms with van der Waals surface area (Å²) in [6.07, 6.45) is 2.52. The van der Waals surface area contributed by atoms with E-state index in [0.717, 1.165) is 12.5 Å². The van der Waals surface area contributed by atoms with Gasteiger partial charge < -0.3 is 20.1 Å². The first-order valence-corrected chi connectivity index (χ1v) is 30.7. The summed E-state index contributed by atoms with van der Waals surface area (Å²) < 4.78 is 115. The zero-order valence-electron chi connectivity index (χ0n) is 38.6. The van der Waals surface area contributed by atoms with E-state index in [-0.39, 0.29) is 78.6 Å². The molecule has 4 aromatic carbocycles. The average Bonchev–Trinajstić information content (AvgIpc) is 4.17. The van der Waals surface area contributed by atoms with E-state index in [9.17, 15) is 53.8 Å². The zero-order chi connectivity index (χ0) is 52.6. The van der Waals surface area contributed by atoms with Crippen molar-refractivity contribution in [2.24, 2.45) is 11.8 Å². The molecule has 384 valence electrons. The molecule has 4 aromatic rings. The Balaban J connectivity index is 0.000000211. The molecular weight excluding hydrogens is 1090 g/mol. The highest BCUT2D eigenvalue weighted by Gasteiger charge is 2.52. The number of nitrogens with zero attached hydrogens (tertiary/aromatic N) is 2. The number of hydrogen-bond donors (Lipinski definition) is 2. The summed E-state index contributed by atoms with van der Waals surface area (Å²) in [5.74, 6) is -2.63. The van der Waals surface area contributed by atoms with Crippen LogP contribution in [0, 0.1) is 34.5 Å². The molecular formula is C48H48Cl4N4O12S4. The minimum Gasteiger partial charge on any atom is -0.373 e. The van der Waals surface area contributed by atoms with Crippen LogP contribution in [0.2, 0.25) is 20.1 Å². The van der Waals surface area contributed by atoms with Crippen LogP contribution in [0.15, 0.2) is 105 Å². The maximum atomic E-state index is 13.4. The molecule has 72 heavy (non-hydrogen) atoms. The van der Waals surface area contributed by atoms with Crippen molar-refractivity contribution in [3.05, 3.63) is 116 Å². The van der Waals surface area contributed by atoms with Gasteiger partial charge in [-0.05, 0) is 111 Å². The molecule has 16 nitrogen and oxygen atoms in total. The SMILES string of the molecule is CS(=O)(=O)c1cc(Cl)ccc1CO[C@@H]1C[C@H](S(=O)(=O)c2ccccc2Cl)C[C@H]1C(=O)NC1(C#N)CC1.CS(=O)(=O)c1cc(Cl)ccc1CO[C@H]1C[C@@H](S(=O)(=O)c2ccccc2Cl)C[C@@H]1C(=O)NC1(C#N)CC1. The van der Waals surface area contributed by atoms with E-state index in [4.69, 9.17) is 55.9 Å². The van der Waals surface area contributed by atoms with Crippen molar-refractivity contribution in [2.75, 3.05) is 12.5 Å². The molecule has 0 radical (unpaired) electrons. The van der Waals surface area contributed by atoms with Crippen LogP contribution in [0.4, 0.5) is 0 Å². The highest BCUT2D eigenvalue weighted by atomic mass is 35.5. The number of sulfone groups is 4. The molecule has 4 fully saturated rings. The number of amides is 2. The Kier molecular flexibility index (Phi) is 16.5. The van der Waals surface area contributed by atoms with Crippen molar-refractivity contribution in [3.63, 3.8) is 0 Å². The standard InChI is InChI=1S/2C24H24Cl2N2O6S2/c2*1-35(30,31)22-10-16(25)7-6-15(22)13-34-20-12-17(36(32,33)21-5-3-2-4-19(21)26)11-18(20)23(29)28-24(14-27)8-9-24/h2*2-7,10,17-18,20H,8-9,11-13H2,1H3,(H,28,29)/t2*17-,18-,20-/m10/s1. The van der Waals surface area contributed by atoms with Gasteiger partial charge in [-0.25, -0.2) is 33.7 Å². The third-order valence-electron chi connectivity index (χ3n) is 13.2. The third-order valence-corrected chi connectivity index (χ3v) is 21.4. The van der Waals surface area contributed by atoms with Crippen molar-refractivity contribution in [1.29, 1.82) is 10.5 Å². The van der Waals surface area contributed by atoms with E-state index in [1.165, 1.54) is 60.7 Å². The molecule has 0 unspecified atom stereocenters. The van der Waals surface area contributed by atoms with Gasteiger partial charge in [-0.2, -0.15) is 10.5 Å². The van der Waals surface area contributed by atoms with Crippen LogP contribution in [0.3, 0.4) is 0 Å². The van der Waals surface area contributed by atoms with Crippen molar-refractivity contribution in [1.82, 2.24) is 10.6 Å². The number of carbonyl (C=O) groups is 2. The predicted molar refractivity (Wildman–Crippen MR) is 268 cm³/mol. The van der Waals surface area contributed by atoms with Gasteiger partial charge in [-0.15, -0.1) is 0 Å². The lowest BCUT2D eigenvalue weighted by atomic mass is 10.0. The van der Waals surface area contributed by atoms with Gasteiger partial charge in [-0.3, -0.25) is 9.59 Å². The van der Waals surface area contributed by atoms with Gasteiger partial charge in [0.15, 0.2) is 39.3 Å². The lowest BCUT2D eigenvalue weighted by Crippen LogP contribution is -2.42. The number of halogens is 4. The Morgan fingerprint density at radius 2 is 0.903 bits per heavy atom. The predicted octanol–water partition coefficient (Wildman–Crippen LogP) is 7.41. The number of carbonyl (C=O) groups excluding carboxylic acids is 2. The van der Waals surface area contributed by atoms with E-state index in [0.29, 0.717) is 36.8 Å². The minimum atomic E-state index is -3.89. The van der Waals surface area contributed by atoms with Crippen LogP contribution in [-0.2, 0) is 71.6 Å². The Morgan fingerprint density at radius 3 is 1.21 bits per heavy atom.